The molecule has 0 radical (unpaired) electrons. The van der Waals surface area contributed by atoms with Gasteiger partial charge in [0.1, 0.15) is 5.76 Å². The average molecular weight is 306 g/mol. The third-order valence-electron chi connectivity index (χ3n) is 2.65. The van der Waals surface area contributed by atoms with Crippen molar-refractivity contribution in [2.75, 3.05) is 12.3 Å². The quantitative estimate of drug-likeness (QED) is 0.607. The van der Waals surface area contributed by atoms with Gasteiger partial charge in [0.2, 0.25) is 0 Å². The van der Waals surface area contributed by atoms with Gasteiger partial charge in [-0.3, -0.25) is 0 Å². The van der Waals surface area contributed by atoms with Crippen LogP contribution in [-0.4, -0.2) is 17.4 Å². The summed E-state index contributed by atoms with van der Waals surface area (Å²) in [6.07, 6.45) is 1.71. The molecule has 5 heteroatoms. The molecule has 106 valence electrons. The predicted molar refractivity (Wildman–Crippen MR) is 88.8 cm³/mol. The molecule has 1 aromatic carbocycles. The highest BCUT2D eigenvalue weighted by molar-refractivity contribution is 7.98. The minimum atomic E-state index is 0.701. The van der Waals surface area contributed by atoms with Gasteiger partial charge >= 0.3 is 0 Å². The number of nitrogens with one attached hydrogen (secondary N) is 2. The topological polar surface area (TPSA) is 37.2 Å². The van der Waals surface area contributed by atoms with E-state index in [9.17, 15) is 0 Å². The molecule has 0 amide bonds. The molecule has 20 heavy (non-hydrogen) atoms. The van der Waals surface area contributed by atoms with Crippen molar-refractivity contribution in [3.63, 3.8) is 0 Å². The van der Waals surface area contributed by atoms with Gasteiger partial charge in [-0.25, -0.2) is 0 Å². The highest BCUT2D eigenvalue weighted by Gasteiger charge is 1.98. The summed E-state index contributed by atoms with van der Waals surface area (Å²) in [5, 5.41) is 7.10. The largest absolute Gasteiger partial charge is 0.468 e. The van der Waals surface area contributed by atoms with Crippen molar-refractivity contribution in [1.82, 2.24) is 10.6 Å². The Balaban J connectivity index is 1.52. The first-order chi connectivity index (χ1) is 9.84. The van der Waals surface area contributed by atoms with Crippen molar-refractivity contribution in [2.24, 2.45) is 0 Å². The Morgan fingerprint density at radius 2 is 1.95 bits per heavy atom. The molecule has 0 atom stereocenters. The Morgan fingerprint density at radius 3 is 2.70 bits per heavy atom. The van der Waals surface area contributed by atoms with Crippen molar-refractivity contribution in [3.05, 3.63) is 60.1 Å². The maximum Gasteiger partial charge on any atom is 0.166 e. The number of thiocarbonyl (C=S) groups is 1. The zero-order chi connectivity index (χ0) is 14.0. The Hall–Kier alpha value is -1.46. The molecular formula is C15H18N2OS2. The van der Waals surface area contributed by atoms with Crippen LogP contribution >= 0.6 is 24.0 Å². The molecule has 0 spiro atoms. The van der Waals surface area contributed by atoms with E-state index in [4.69, 9.17) is 16.6 Å². The van der Waals surface area contributed by atoms with E-state index in [-0.39, 0.29) is 0 Å². The van der Waals surface area contributed by atoms with Gasteiger partial charge in [-0.15, -0.1) is 0 Å². The number of benzene rings is 1. The molecule has 0 saturated carbocycles. The summed E-state index contributed by atoms with van der Waals surface area (Å²) in [5.74, 6) is 2.91. The molecule has 2 rings (SSSR count). The van der Waals surface area contributed by atoms with E-state index in [2.05, 4.69) is 22.8 Å². The molecule has 0 aliphatic rings. The smallest absolute Gasteiger partial charge is 0.166 e. The monoisotopic (exact) mass is 306 g/mol. The zero-order valence-corrected chi connectivity index (χ0v) is 12.8. The van der Waals surface area contributed by atoms with E-state index in [1.807, 2.05) is 42.1 Å². The molecule has 1 heterocycles. The third-order valence-corrected chi connectivity index (χ3v) is 3.92. The molecule has 0 aliphatic carbocycles. The van der Waals surface area contributed by atoms with Gasteiger partial charge in [0, 0.05) is 18.8 Å². The van der Waals surface area contributed by atoms with Crippen molar-refractivity contribution in [2.45, 2.75) is 12.3 Å². The van der Waals surface area contributed by atoms with Crippen molar-refractivity contribution < 1.29 is 4.42 Å². The summed E-state index contributed by atoms with van der Waals surface area (Å²) in [6.45, 7) is 1.61. The van der Waals surface area contributed by atoms with Crippen LogP contribution < -0.4 is 10.6 Å². The minimum absolute atomic E-state index is 0.701. The van der Waals surface area contributed by atoms with E-state index >= 15 is 0 Å². The summed E-state index contributed by atoms with van der Waals surface area (Å²) < 4.78 is 5.27. The summed E-state index contributed by atoms with van der Waals surface area (Å²) in [7, 11) is 0. The first kappa shape index (κ1) is 14.9. The van der Waals surface area contributed by atoms with Gasteiger partial charge in [-0.05, 0) is 29.9 Å². The number of rotatable bonds is 7. The first-order valence-corrected chi connectivity index (χ1v) is 8.06. The average Bonchev–Trinajstić information content (AvgIpc) is 2.99. The maximum atomic E-state index is 5.27. The molecule has 3 nitrogen and oxygen atoms in total. The number of thioether (sulfide) groups is 1. The van der Waals surface area contributed by atoms with E-state index in [0.29, 0.717) is 5.11 Å². The van der Waals surface area contributed by atoms with Gasteiger partial charge in [0.05, 0.1) is 12.0 Å². The summed E-state index contributed by atoms with van der Waals surface area (Å²) in [4.78, 5) is 0. The van der Waals surface area contributed by atoms with Crippen LogP contribution in [0.3, 0.4) is 0 Å². The van der Waals surface area contributed by atoms with E-state index in [0.717, 1.165) is 30.4 Å². The molecule has 0 unspecified atom stereocenters. The van der Waals surface area contributed by atoms with Gasteiger partial charge in [0.25, 0.3) is 0 Å². The third kappa shape index (κ3) is 5.67. The molecule has 0 saturated heterocycles. The van der Waals surface area contributed by atoms with Crippen LogP contribution in [0.25, 0.3) is 0 Å². The summed E-state index contributed by atoms with van der Waals surface area (Å²) in [5.41, 5.74) is 1.23. The highest BCUT2D eigenvalue weighted by atomic mass is 32.2. The molecule has 0 bridgehead atoms. The fraction of sp³-hybridized carbons (Fsp3) is 0.267. The van der Waals surface area contributed by atoms with E-state index in [1.165, 1.54) is 5.56 Å². The predicted octanol–water partition coefficient (Wildman–Crippen LogP) is 3.18. The van der Waals surface area contributed by atoms with Crippen molar-refractivity contribution in [1.29, 1.82) is 0 Å². The van der Waals surface area contributed by atoms with Crippen LogP contribution in [0.15, 0.2) is 53.1 Å². The van der Waals surface area contributed by atoms with Crippen LogP contribution in [0, 0.1) is 0 Å². The highest BCUT2D eigenvalue weighted by Crippen LogP contribution is 2.11. The number of hydrogen-bond acceptors (Lipinski definition) is 3. The van der Waals surface area contributed by atoms with Gasteiger partial charge in [-0.1, -0.05) is 30.3 Å². The summed E-state index contributed by atoms with van der Waals surface area (Å²) >= 11 is 7.06. The second-order valence-corrected chi connectivity index (χ2v) is 5.74. The normalized spacial score (nSPS) is 10.2. The lowest BCUT2D eigenvalue weighted by molar-refractivity contribution is 0.530. The Morgan fingerprint density at radius 1 is 1.10 bits per heavy atom. The SMILES string of the molecule is S=C(NCCSCc1ccco1)NCc1ccccc1. The lowest BCUT2D eigenvalue weighted by atomic mass is 10.2. The second-order valence-electron chi connectivity index (χ2n) is 4.23. The first-order valence-electron chi connectivity index (χ1n) is 6.50. The van der Waals surface area contributed by atoms with Crippen LogP contribution in [-0.2, 0) is 12.3 Å². The Kier molecular flexibility index (Phi) is 6.47. The van der Waals surface area contributed by atoms with E-state index in [1.54, 1.807) is 6.26 Å². The van der Waals surface area contributed by atoms with Crippen LogP contribution in [0.1, 0.15) is 11.3 Å². The fourth-order valence-electron chi connectivity index (χ4n) is 1.64. The Labute approximate surface area is 129 Å². The summed E-state index contributed by atoms with van der Waals surface area (Å²) in [6, 6.07) is 14.1. The molecule has 0 aliphatic heterocycles. The Bertz CT molecular complexity index is 500. The van der Waals surface area contributed by atoms with Crippen molar-refractivity contribution in [3.8, 4) is 0 Å². The number of hydrogen-bond donors (Lipinski definition) is 2. The molecule has 2 N–H and O–H groups in total. The van der Waals surface area contributed by atoms with E-state index < -0.39 is 0 Å². The minimum Gasteiger partial charge on any atom is -0.468 e. The molecule has 2 aromatic rings. The standard InChI is InChI=1S/C15H18N2OS2/c19-15(17-11-13-5-2-1-3-6-13)16-8-10-20-12-14-7-4-9-18-14/h1-7,9H,8,10-12H2,(H2,16,17,19). The zero-order valence-electron chi connectivity index (χ0n) is 11.2. The fourth-order valence-corrected chi connectivity index (χ4v) is 2.58. The molecule has 1 aromatic heterocycles. The van der Waals surface area contributed by atoms with Gasteiger partial charge in [0.15, 0.2) is 5.11 Å². The second kappa shape index (κ2) is 8.66. The van der Waals surface area contributed by atoms with Gasteiger partial charge < -0.3 is 15.1 Å². The lowest BCUT2D eigenvalue weighted by Gasteiger charge is -2.10. The number of furan rings is 1. The maximum absolute atomic E-state index is 5.27. The van der Waals surface area contributed by atoms with Crippen molar-refractivity contribution >= 4 is 29.1 Å². The molecular weight excluding hydrogens is 288 g/mol. The van der Waals surface area contributed by atoms with Crippen LogP contribution in [0.4, 0.5) is 0 Å². The van der Waals surface area contributed by atoms with Crippen LogP contribution in [0.5, 0.6) is 0 Å². The molecule has 0 fully saturated rings. The lowest BCUT2D eigenvalue weighted by Crippen LogP contribution is -2.35. The van der Waals surface area contributed by atoms with Crippen LogP contribution in [0.2, 0.25) is 0 Å². The van der Waals surface area contributed by atoms with Gasteiger partial charge in [-0.2, -0.15) is 11.8 Å².